The Balaban J connectivity index is 2.14. The van der Waals surface area contributed by atoms with Gasteiger partial charge in [-0.25, -0.2) is 13.1 Å². The first-order valence-electron chi connectivity index (χ1n) is 7.30. The second kappa shape index (κ2) is 6.52. The van der Waals surface area contributed by atoms with Crippen LogP contribution in [0.1, 0.15) is 24.8 Å². The van der Waals surface area contributed by atoms with Crippen molar-refractivity contribution in [1.29, 1.82) is 0 Å². The Morgan fingerprint density at radius 1 is 1.36 bits per heavy atom. The second-order valence-corrected chi connectivity index (χ2v) is 7.52. The number of nitrogens with zero attached hydrogens (tertiary/aromatic N) is 1. The predicted molar refractivity (Wildman–Crippen MR) is 87.3 cm³/mol. The van der Waals surface area contributed by atoms with Crippen molar-refractivity contribution in [2.45, 2.75) is 31.1 Å². The summed E-state index contributed by atoms with van der Waals surface area (Å²) in [5.41, 5.74) is 1.79. The van der Waals surface area contributed by atoms with E-state index in [4.69, 9.17) is 0 Å². The highest BCUT2D eigenvalue weighted by atomic mass is 32.2. The molecule has 120 valence electrons. The molecule has 0 aliphatic heterocycles. The number of nitrogens with one attached hydrogen (secondary N) is 1. The van der Waals surface area contributed by atoms with Gasteiger partial charge in [-0.15, -0.1) is 0 Å². The van der Waals surface area contributed by atoms with Gasteiger partial charge in [-0.05, 0) is 43.4 Å². The molecule has 1 atom stereocenters. The van der Waals surface area contributed by atoms with Gasteiger partial charge in [0.15, 0.2) is 0 Å². The first kappa shape index (κ1) is 16.5. The van der Waals surface area contributed by atoms with Crippen molar-refractivity contribution in [3.63, 3.8) is 0 Å². The summed E-state index contributed by atoms with van der Waals surface area (Å²) in [6, 6.07) is 4.85. The third-order valence-corrected chi connectivity index (χ3v) is 5.15. The lowest BCUT2D eigenvalue weighted by Gasteiger charge is -2.17. The molecule has 0 heterocycles. The van der Waals surface area contributed by atoms with Gasteiger partial charge in [0.05, 0.1) is 4.90 Å². The molecule has 0 saturated heterocycles. The fourth-order valence-electron chi connectivity index (χ4n) is 2.59. The third kappa shape index (κ3) is 3.88. The number of amides is 1. The Bertz CT molecular complexity index is 693. The zero-order valence-electron chi connectivity index (χ0n) is 13.2. The highest BCUT2D eigenvalue weighted by Crippen LogP contribution is 2.23. The number of carbonyl (C=O) groups is 1. The first-order chi connectivity index (χ1) is 10.3. The quantitative estimate of drug-likeness (QED) is 0.844. The van der Waals surface area contributed by atoms with Crippen LogP contribution in [0, 0.1) is 12.8 Å². The van der Waals surface area contributed by atoms with E-state index in [1.165, 1.54) is 6.07 Å². The maximum atomic E-state index is 12.3. The summed E-state index contributed by atoms with van der Waals surface area (Å²) < 4.78 is 26.8. The van der Waals surface area contributed by atoms with Crippen LogP contribution in [-0.4, -0.2) is 28.4 Å². The van der Waals surface area contributed by atoms with Crippen LogP contribution >= 0.6 is 0 Å². The molecular weight excluding hydrogens is 300 g/mol. The summed E-state index contributed by atoms with van der Waals surface area (Å²) in [5.74, 6) is -0.311. The number of aryl methyl sites for hydroxylation is 1. The van der Waals surface area contributed by atoms with Crippen LogP contribution in [0.3, 0.4) is 0 Å². The van der Waals surface area contributed by atoms with E-state index in [1.807, 2.05) is 38.1 Å². The van der Waals surface area contributed by atoms with Gasteiger partial charge in [0.25, 0.3) is 10.0 Å². The molecule has 0 radical (unpaired) electrons. The van der Waals surface area contributed by atoms with E-state index in [-0.39, 0.29) is 17.2 Å². The lowest BCUT2D eigenvalue weighted by atomic mass is 10.1. The minimum absolute atomic E-state index is 0.108. The summed E-state index contributed by atoms with van der Waals surface area (Å²) in [5, 5.41) is 0. The molecule has 0 bridgehead atoms. The van der Waals surface area contributed by atoms with Crippen LogP contribution in [-0.2, 0) is 14.8 Å². The Morgan fingerprint density at radius 3 is 2.68 bits per heavy atom. The van der Waals surface area contributed by atoms with E-state index < -0.39 is 15.9 Å². The highest BCUT2D eigenvalue weighted by molar-refractivity contribution is 7.90. The van der Waals surface area contributed by atoms with Crippen LogP contribution in [0.15, 0.2) is 35.2 Å². The smallest absolute Gasteiger partial charge is 0.264 e. The summed E-state index contributed by atoms with van der Waals surface area (Å²) in [6.45, 7) is 1.91. The maximum Gasteiger partial charge on any atom is 0.264 e. The van der Waals surface area contributed by atoms with Crippen molar-refractivity contribution >= 4 is 21.6 Å². The molecule has 2 rings (SSSR count). The molecule has 6 heteroatoms. The van der Waals surface area contributed by atoms with Gasteiger partial charge >= 0.3 is 0 Å². The summed E-state index contributed by atoms with van der Waals surface area (Å²) >= 11 is 0. The molecule has 0 spiro atoms. The fourth-order valence-corrected chi connectivity index (χ4v) is 3.61. The van der Waals surface area contributed by atoms with Crippen LogP contribution in [0.25, 0.3) is 0 Å². The fraction of sp³-hybridized carbons (Fsp3) is 0.438. The zero-order valence-corrected chi connectivity index (χ0v) is 14.0. The standard InChI is InChI=1S/C16H22N2O3S/c1-12-8-9-14(11-15(12)18(2)3)22(20,21)17-16(19)10-13-6-4-5-7-13/h4,6,8-9,11,13H,5,7,10H2,1-3H3,(H,17,19). The first-order valence-corrected chi connectivity index (χ1v) is 8.78. The van der Waals surface area contributed by atoms with Crippen molar-refractivity contribution in [2.75, 3.05) is 19.0 Å². The van der Waals surface area contributed by atoms with Crippen LogP contribution in [0.2, 0.25) is 0 Å². The Hall–Kier alpha value is -1.82. The lowest BCUT2D eigenvalue weighted by molar-refractivity contribution is -0.119. The Morgan fingerprint density at radius 2 is 2.09 bits per heavy atom. The average Bonchev–Trinajstić information content (AvgIpc) is 2.90. The zero-order chi connectivity index (χ0) is 16.3. The lowest BCUT2D eigenvalue weighted by Crippen LogP contribution is -2.31. The Kier molecular flexibility index (Phi) is 4.90. The van der Waals surface area contributed by atoms with Crippen molar-refractivity contribution in [2.24, 2.45) is 5.92 Å². The molecule has 1 unspecified atom stereocenters. The van der Waals surface area contributed by atoms with E-state index in [9.17, 15) is 13.2 Å². The molecule has 5 nitrogen and oxygen atoms in total. The number of hydrogen-bond acceptors (Lipinski definition) is 4. The number of benzene rings is 1. The highest BCUT2D eigenvalue weighted by Gasteiger charge is 2.21. The molecule has 1 N–H and O–H groups in total. The number of sulfonamides is 1. The van der Waals surface area contributed by atoms with Gasteiger partial charge in [0.1, 0.15) is 0 Å². The number of allylic oxidation sites excluding steroid dienone is 2. The number of hydrogen-bond donors (Lipinski definition) is 1. The SMILES string of the molecule is Cc1ccc(S(=O)(=O)NC(=O)CC2C=CCC2)cc1N(C)C. The summed E-state index contributed by atoms with van der Waals surface area (Å²) in [4.78, 5) is 13.9. The number of rotatable bonds is 5. The molecule has 1 aliphatic carbocycles. The molecule has 22 heavy (non-hydrogen) atoms. The predicted octanol–water partition coefficient (Wildman–Crippen LogP) is 2.22. The normalized spacial score (nSPS) is 17.5. The molecular formula is C16H22N2O3S. The van der Waals surface area contributed by atoms with Crippen LogP contribution in [0.5, 0.6) is 0 Å². The largest absolute Gasteiger partial charge is 0.377 e. The van der Waals surface area contributed by atoms with Crippen molar-refractivity contribution < 1.29 is 13.2 Å². The maximum absolute atomic E-state index is 12.3. The molecule has 1 aromatic rings. The second-order valence-electron chi connectivity index (χ2n) is 5.84. The molecule has 0 saturated carbocycles. The minimum atomic E-state index is -3.82. The number of anilines is 1. The number of carbonyl (C=O) groups excluding carboxylic acids is 1. The Labute approximate surface area is 132 Å². The van der Waals surface area contributed by atoms with Gasteiger partial charge in [0.2, 0.25) is 5.91 Å². The van der Waals surface area contributed by atoms with E-state index >= 15 is 0 Å². The van der Waals surface area contributed by atoms with Crippen molar-refractivity contribution in [1.82, 2.24) is 4.72 Å². The van der Waals surface area contributed by atoms with Gasteiger partial charge in [-0.2, -0.15) is 0 Å². The minimum Gasteiger partial charge on any atom is -0.377 e. The van der Waals surface area contributed by atoms with Crippen LogP contribution in [0.4, 0.5) is 5.69 Å². The van der Waals surface area contributed by atoms with Crippen LogP contribution < -0.4 is 9.62 Å². The topological polar surface area (TPSA) is 66.5 Å². The van der Waals surface area contributed by atoms with Crippen molar-refractivity contribution in [3.05, 3.63) is 35.9 Å². The van der Waals surface area contributed by atoms with E-state index in [0.29, 0.717) is 0 Å². The molecule has 1 aromatic carbocycles. The van der Waals surface area contributed by atoms with E-state index in [2.05, 4.69) is 4.72 Å². The molecule has 0 fully saturated rings. The van der Waals surface area contributed by atoms with Gasteiger partial charge in [0, 0.05) is 26.2 Å². The van der Waals surface area contributed by atoms with E-state index in [1.54, 1.807) is 12.1 Å². The van der Waals surface area contributed by atoms with Gasteiger partial charge in [-0.1, -0.05) is 18.2 Å². The van der Waals surface area contributed by atoms with Gasteiger partial charge in [-0.3, -0.25) is 4.79 Å². The van der Waals surface area contributed by atoms with Gasteiger partial charge < -0.3 is 4.90 Å². The third-order valence-electron chi connectivity index (χ3n) is 3.78. The van der Waals surface area contributed by atoms with Crippen molar-refractivity contribution in [3.8, 4) is 0 Å². The molecule has 1 aliphatic rings. The molecule has 1 amide bonds. The van der Waals surface area contributed by atoms with E-state index in [0.717, 1.165) is 24.1 Å². The summed E-state index contributed by atoms with van der Waals surface area (Å²) in [6.07, 6.45) is 6.07. The monoisotopic (exact) mass is 322 g/mol. The average molecular weight is 322 g/mol. The molecule has 0 aromatic heterocycles. The summed E-state index contributed by atoms with van der Waals surface area (Å²) in [7, 11) is -0.122.